The van der Waals surface area contributed by atoms with Crippen LogP contribution >= 0.6 is 0 Å². The summed E-state index contributed by atoms with van der Waals surface area (Å²) in [6.45, 7) is 3.72. The molecule has 0 fully saturated rings. The normalized spacial score (nSPS) is 12.6. The number of hydrogen-bond acceptors (Lipinski definition) is 4. The van der Waals surface area contributed by atoms with Crippen molar-refractivity contribution in [2.75, 3.05) is 0 Å². The molecule has 0 aliphatic carbocycles. The SMILES string of the molecule is C=C/C=C\C=C\c1nc(-c2ccc3c(c2)c2cc4ncoc4c4c5ccccc5n3c24)c2ccccc2n1. The summed E-state index contributed by atoms with van der Waals surface area (Å²) in [7, 11) is 0. The predicted molar refractivity (Wildman–Crippen MR) is 156 cm³/mol. The van der Waals surface area contributed by atoms with Crippen LogP contribution in [-0.4, -0.2) is 19.4 Å². The highest BCUT2D eigenvalue weighted by atomic mass is 16.3. The molecule has 38 heavy (non-hydrogen) atoms. The van der Waals surface area contributed by atoms with Gasteiger partial charge in [0.2, 0.25) is 0 Å². The summed E-state index contributed by atoms with van der Waals surface area (Å²) >= 11 is 0. The van der Waals surface area contributed by atoms with Crippen LogP contribution in [0.15, 0.2) is 114 Å². The van der Waals surface area contributed by atoms with Crippen LogP contribution in [0.1, 0.15) is 5.82 Å². The molecule has 0 atom stereocenters. The monoisotopic (exact) mass is 488 g/mol. The molecule has 5 nitrogen and oxygen atoms in total. The Hall–Kier alpha value is -5.29. The van der Waals surface area contributed by atoms with E-state index in [0.717, 1.165) is 66.0 Å². The van der Waals surface area contributed by atoms with Crippen LogP contribution in [0.3, 0.4) is 0 Å². The molecular weight excluding hydrogens is 468 g/mol. The number of aromatic nitrogens is 4. The fourth-order valence-electron chi connectivity index (χ4n) is 5.70. The van der Waals surface area contributed by atoms with Gasteiger partial charge in [-0.1, -0.05) is 73.3 Å². The number of rotatable bonds is 4. The van der Waals surface area contributed by atoms with Crippen molar-refractivity contribution in [2.45, 2.75) is 0 Å². The molecule has 4 aromatic heterocycles. The van der Waals surface area contributed by atoms with Crippen molar-refractivity contribution in [1.29, 1.82) is 0 Å². The quantitative estimate of drug-likeness (QED) is 0.234. The first-order chi connectivity index (χ1) is 18.8. The number of para-hydroxylation sites is 2. The van der Waals surface area contributed by atoms with Gasteiger partial charge >= 0.3 is 0 Å². The minimum atomic E-state index is 0.663. The zero-order valence-electron chi connectivity index (χ0n) is 20.3. The highest BCUT2D eigenvalue weighted by Crippen LogP contribution is 2.43. The maximum Gasteiger partial charge on any atom is 0.182 e. The topological polar surface area (TPSA) is 56.2 Å². The van der Waals surface area contributed by atoms with E-state index < -0.39 is 0 Å². The van der Waals surface area contributed by atoms with Gasteiger partial charge in [-0.3, -0.25) is 0 Å². The van der Waals surface area contributed by atoms with Crippen molar-refractivity contribution in [2.24, 2.45) is 0 Å². The maximum atomic E-state index is 5.88. The lowest BCUT2D eigenvalue weighted by molar-refractivity contribution is 0.605. The van der Waals surface area contributed by atoms with Gasteiger partial charge in [-0.05, 0) is 36.4 Å². The van der Waals surface area contributed by atoms with Crippen molar-refractivity contribution >= 4 is 66.2 Å². The summed E-state index contributed by atoms with van der Waals surface area (Å²) in [6, 6.07) is 25.4. The van der Waals surface area contributed by atoms with Crippen molar-refractivity contribution in [3.8, 4) is 11.3 Å². The minimum absolute atomic E-state index is 0.663. The summed E-state index contributed by atoms with van der Waals surface area (Å²) in [5.41, 5.74) is 8.02. The van der Waals surface area contributed by atoms with Crippen LogP contribution in [0.25, 0.3) is 77.4 Å². The lowest BCUT2D eigenvalue weighted by atomic mass is 10.0. The Morgan fingerprint density at radius 1 is 0.737 bits per heavy atom. The third kappa shape index (κ3) is 2.84. The van der Waals surface area contributed by atoms with E-state index in [-0.39, 0.29) is 0 Å². The Labute approximate surface area is 217 Å². The molecule has 4 aromatic carbocycles. The Morgan fingerprint density at radius 2 is 1.58 bits per heavy atom. The fourth-order valence-corrected chi connectivity index (χ4v) is 5.70. The smallest absolute Gasteiger partial charge is 0.182 e. The number of hydrogen-bond donors (Lipinski definition) is 0. The number of nitrogens with zero attached hydrogens (tertiary/aromatic N) is 4. The summed E-state index contributed by atoms with van der Waals surface area (Å²) in [6.07, 6.45) is 10.9. The molecule has 0 aliphatic heterocycles. The Morgan fingerprint density at radius 3 is 2.50 bits per heavy atom. The molecule has 178 valence electrons. The van der Waals surface area contributed by atoms with E-state index in [0.29, 0.717) is 5.82 Å². The van der Waals surface area contributed by atoms with Gasteiger partial charge in [0.15, 0.2) is 17.8 Å². The average Bonchev–Trinajstić information content (AvgIpc) is 3.65. The molecular formula is C33H20N4O. The summed E-state index contributed by atoms with van der Waals surface area (Å²) < 4.78 is 8.22. The molecule has 0 unspecified atom stereocenters. The maximum absolute atomic E-state index is 5.88. The van der Waals surface area contributed by atoms with Crippen molar-refractivity contribution in [3.05, 3.63) is 116 Å². The number of benzene rings is 4. The van der Waals surface area contributed by atoms with E-state index >= 15 is 0 Å². The number of fused-ring (bicyclic) bond motifs is 9. The molecule has 4 heterocycles. The van der Waals surface area contributed by atoms with Gasteiger partial charge in [0.05, 0.1) is 33.1 Å². The second kappa shape index (κ2) is 7.85. The summed E-state index contributed by atoms with van der Waals surface area (Å²) in [4.78, 5) is 14.3. The first kappa shape index (κ1) is 20.9. The largest absolute Gasteiger partial charge is 0.443 e. The fraction of sp³-hybridized carbons (Fsp3) is 0. The second-order valence-corrected chi connectivity index (χ2v) is 9.36. The van der Waals surface area contributed by atoms with E-state index in [2.05, 4.69) is 70.6 Å². The highest BCUT2D eigenvalue weighted by molar-refractivity contribution is 6.30. The average molecular weight is 489 g/mol. The zero-order chi connectivity index (χ0) is 25.2. The molecule has 0 aliphatic rings. The predicted octanol–water partition coefficient (Wildman–Crippen LogP) is 8.34. The van der Waals surface area contributed by atoms with Gasteiger partial charge in [-0.15, -0.1) is 0 Å². The van der Waals surface area contributed by atoms with Crippen molar-refractivity contribution < 1.29 is 4.42 Å². The minimum Gasteiger partial charge on any atom is -0.443 e. The molecule has 0 saturated carbocycles. The van der Waals surface area contributed by atoms with E-state index in [1.165, 1.54) is 11.8 Å². The van der Waals surface area contributed by atoms with Gasteiger partial charge in [0.25, 0.3) is 0 Å². The molecule has 0 bridgehead atoms. The van der Waals surface area contributed by atoms with E-state index in [4.69, 9.17) is 14.4 Å². The van der Waals surface area contributed by atoms with Crippen LogP contribution < -0.4 is 0 Å². The summed E-state index contributed by atoms with van der Waals surface area (Å²) in [5.74, 6) is 0.663. The number of allylic oxidation sites excluding steroid dienone is 4. The zero-order valence-corrected chi connectivity index (χ0v) is 20.3. The van der Waals surface area contributed by atoms with Crippen LogP contribution in [0, 0.1) is 0 Å². The molecule has 0 saturated heterocycles. The van der Waals surface area contributed by atoms with Gasteiger partial charge in [0.1, 0.15) is 5.52 Å². The Bertz CT molecular complexity index is 2260. The lowest BCUT2D eigenvalue weighted by Gasteiger charge is -2.08. The molecule has 0 radical (unpaired) electrons. The third-order valence-corrected chi connectivity index (χ3v) is 7.26. The van der Waals surface area contributed by atoms with Gasteiger partial charge in [-0.25, -0.2) is 15.0 Å². The van der Waals surface area contributed by atoms with E-state index in [9.17, 15) is 0 Å². The van der Waals surface area contributed by atoms with Crippen molar-refractivity contribution in [1.82, 2.24) is 19.4 Å². The van der Waals surface area contributed by atoms with Gasteiger partial charge in [0, 0.05) is 27.1 Å². The van der Waals surface area contributed by atoms with Crippen LogP contribution in [0.4, 0.5) is 0 Å². The standard InChI is InChI=1S/C33H20N4O/c1-2-3-4-5-14-29-35-25-12-8-6-10-21(25)31(36-29)20-15-16-28-23(17-20)24-18-26-33(38-19-34-26)30-22-11-7-9-13-27(22)37(28)32(24)30/h2-19H,1H2/b4-3-,14-5+. The highest BCUT2D eigenvalue weighted by Gasteiger charge is 2.22. The first-order valence-electron chi connectivity index (χ1n) is 12.5. The van der Waals surface area contributed by atoms with Crippen LogP contribution in [-0.2, 0) is 0 Å². The Kier molecular flexibility index (Phi) is 4.31. The molecule has 8 aromatic rings. The lowest BCUT2D eigenvalue weighted by Crippen LogP contribution is -1.94. The molecule has 5 heteroatoms. The number of oxazole rings is 1. The third-order valence-electron chi connectivity index (χ3n) is 7.26. The Balaban J connectivity index is 1.45. The van der Waals surface area contributed by atoms with E-state index in [1.54, 1.807) is 6.08 Å². The molecule has 0 N–H and O–H groups in total. The van der Waals surface area contributed by atoms with Crippen LogP contribution in [0.2, 0.25) is 0 Å². The van der Waals surface area contributed by atoms with Gasteiger partial charge < -0.3 is 8.82 Å². The molecule has 8 rings (SSSR count). The molecule has 0 amide bonds. The van der Waals surface area contributed by atoms with Gasteiger partial charge in [-0.2, -0.15) is 0 Å². The summed E-state index contributed by atoms with van der Waals surface area (Å²) in [5, 5.41) is 5.61. The van der Waals surface area contributed by atoms with Crippen molar-refractivity contribution in [3.63, 3.8) is 0 Å². The van der Waals surface area contributed by atoms with E-state index in [1.807, 2.05) is 42.5 Å². The van der Waals surface area contributed by atoms with Crippen LogP contribution in [0.5, 0.6) is 0 Å². The second-order valence-electron chi connectivity index (χ2n) is 9.36. The first-order valence-corrected chi connectivity index (χ1v) is 12.5. The molecule has 0 spiro atoms.